The van der Waals surface area contributed by atoms with Crippen LogP contribution in [0.3, 0.4) is 0 Å². The molecular formula is C15H15FN6O. The highest BCUT2D eigenvalue weighted by Crippen LogP contribution is 2.13. The Bertz CT molecular complexity index is 791. The summed E-state index contributed by atoms with van der Waals surface area (Å²) < 4.78 is 18.5. The van der Waals surface area contributed by atoms with Crippen LogP contribution in [-0.2, 0) is 6.42 Å². The van der Waals surface area contributed by atoms with Crippen LogP contribution in [0.25, 0.3) is 0 Å². The molecule has 0 aliphatic carbocycles. The van der Waals surface area contributed by atoms with Gasteiger partial charge in [0.1, 0.15) is 11.6 Å². The molecule has 2 N–H and O–H groups in total. The van der Waals surface area contributed by atoms with Crippen LogP contribution in [0.15, 0.2) is 41.1 Å². The monoisotopic (exact) mass is 314 g/mol. The van der Waals surface area contributed by atoms with Crippen LogP contribution in [0.5, 0.6) is 0 Å². The van der Waals surface area contributed by atoms with E-state index >= 15 is 0 Å². The minimum absolute atomic E-state index is 0.209. The van der Waals surface area contributed by atoms with Crippen molar-refractivity contribution < 1.29 is 8.91 Å². The van der Waals surface area contributed by atoms with Gasteiger partial charge in [0.05, 0.1) is 6.20 Å². The molecule has 0 amide bonds. The SMILES string of the molecule is Cc1cc(Nc2nncc(NCCc3ccccc3F)n2)no1. The molecule has 0 aliphatic heterocycles. The largest absolute Gasteiger partial charge is 0.368 e. The Morgan fingerprint density at radius 3 is 2.87 bits per heavy atom. The number of halogens is 1. The molecule has 0 saturated carbocycles. The van der Waals surface area contributed by atoms with Crippen LogP contribution in [0.1, 0.15) is 11.3 Å². The number of benzene rings is 1. The Morgan fingerprint density at radius 2 is 2.09 bits per heavy atom. The lowest BCUT2D eigenvalue weighted by molar-refractivity contribution is 0.400. The molecule has 0 bridgehead atoms. The summed E-state index contributed by atoms with van der Waals surface area (Å²) in [6.45, 7) is 2.32. The van der Waals surface area contributed by atoms with Gasteiger partial charge in [-0.2, -0.15) is 10.1 Å². The number of anilines is 3. The molecule has 8 heteroatoms. The predicted octanol–water partition coefficient (Wildman–Crippen LogP) is 2.71. The first kappa shape index (κ1) is 14.9. The van der Waals surface area contributed by atoms with E-state index < -0.39 is 0 Å². The molecule has 0 unspecified atom stereocenters. The van der Waals surface area contributed by atoms with Gasteiger partial charge in [-0.3, -0.25) is 0 Å². The first-order valence-electron chi connectivity index (χ1n) is 7.08. The summed E-state index contributed by atoms with van der Waals surface area (Å²) in [5.41, 5.74) is 0.651. The standard InChI is InChI=1S/C15H15FN6O/c1-10-8-13(22-23-10)19-15-20-14(9-18-21-15)17-7-6-11-4-2-3-5-12(11)16/h2-5,8-9H,6-7H2,1H3,(H2,17,19,20,21,22). The smallest absolute Gasteiger partial charge is 0.250 e. The van der Waals surface area contributed by atoms with E-state index in [2.05, 4.69) is 31.0 Å². The van der Waals surface area contributed by atoms with E-state index in [1.807, 2.05) is 6.07 Å². The van der Waals surface area contributed by atoms with E-state index in [1.54, 1.807) is 25.1 Å². The van der Waals surface area contributed by atoms with Gasteiger partial charge in [-0.25, -0.2) is 4.39 Å². The van der Waals surface area contributed by atoms with Crippen molar-refractivity contribution in [3.05, 3.63) is 53.7 Å². The van der Waals surface area contributed by atoms with E-state index in [4.69, 9.17) is 4.52 Å². The zero-order valence-electron chi connectivity index (χ0n) is 12.5. The Labute approximate surface area is 131 Å². The maximum atomic E-state index is 13.5. The molecule has 0 spiro atoms. The molecule has 0 fully saturated rings. The molecule has 2 heterocycles. The third-order valence-electron chi connectivity index (χ3n) is 3.08. The summed E-state index contributed by atoms with van der Waals surface area (Å²) in [5, 5.41) is 17.5. The first-order chi connectivity index (χ1) is 11.2. The Kier molecular flexibility index (Phi) is 4.41. The zero-order chi connectivity index (χ0) is 16.1. The maximum Gasteiger partial charge on any atom is 0.250 e. The van der Waals surface area contributed by atoms with Crippen molar-refractivity contribution in [1.29, 1.82) is 0 Å². The molecule has 23 heavy (non-hydrogen) atoms. The lowest BCUT2D eigenvalue weighted by Crippen LogP contribution is -2.09. The first-order valence-corrected chi connectivity index (χ1v) is 7.08. The number of aryl methyl sites for hydroxylation is 1. The van der Waals surface area contributed by atoms with Crippen LogP contribution in [0, 0.1) is 12.7 Å². The second kappa shape index (κ2) is 6.82. The number of nitrogens with zero attached hydrogens (tertiary/aromatic N) is 4. The van der Waals surface area contributed by atoms with Crippen LogP contribution >= 0.6 is 0 Å². The number of hydrogen-bond donors (Lipinski definition) is 2. The van der Waals surface area contributed by atoms with E-state index in [-0.39, 0.29) is 5.82 Å². The highest BCUT2D eigenvalue weighted by Gasteiger charge is 2.05. The van der Waals surface area contributed by atoms with Gasteiger partial charge in [0.25, 0.3) is 0 Å². The molecule has 7 nitrogen and oxygen atoms in total. The zero-order valence-corrected chi connectivity index (χ0v) is 12.5. The molecule has 0 saturated heterocycles. The molecule has 3 aromatic rings. The van der Waals surface area contributed by atoms with Crippen LogP contribution in [-0.4, -0.2) is 26.9 Å². The molecule has 0 atom stereocenters. The summed E-state index contributed by atoms with van der Waals surface area (Å²) in [4.78, 5) is 4.26. The Morgan fingerprint density at radius 1 is 1.22 bits per heavy atom. The van der Waals surface area contributed by atoms with Crippen molar-refractivity contribution >= 4 is 17.6 Å². The second-order valence-electron chi connectivity index (χ2n) is 4.88. The normalized spacial score (nSPS) is 10.5. The average molecular weight is 314 g/mol. The van der Waals surface area contributed by atoms with Crippen LogP contribution < -0.4 is 10.6 Å². The van der Waals surface area contributed by atoms with Crippen molar-refractivity contribution in [2.75, 3.05) is 17.2 Å². The fourth-order valence-corrected chi connectivity index (χ4v) is 2.01. The number of hydrogen-bond acceptors (Lipinski definition) is 7. The number of aromatic nitrogens is 4. The van der Waals surface area contributed by atoms with Gasteiger partial charge in [0.2, 0.25) is 5.95 Å². The predicted molar refractivity (Wildman–Crippen MR) is 82.9 cm³/mol. The fraction of sp³-hybridized carbons (Fsp3) is 0.200. The van der Waals surface area contributed by atoms with Gasteiger partial charge < -0.3 is 15.2 Å². The highest BCUT2D eigenvalue weighted by molar-refractivity contribution is 5.48. The number of rotatable bonds is 6. The van der Waals surface area contributed by atoms with E-state index in [0.29, 0.717) is 41.9 Å². The summed E-state index contributed by atoms with van der Waals surface area (Å²) >= 11 is 0. The van der Waals surface area contributed by atoms with Crippen molar-refractivity contribution in [3.63, 3.8) is 0 Å². The quantitative estimate of drug-likeness (QED) is 0.723. The minimum Gasteiger partial charge on any atom is -0.368 e. The molecule has 1 aromatic carbocycles. The van der Waals surface area contributed by atoms with Gasteiger partial charge in [-0.1, -0.05) is 23.4 Å². The molecular weight excluding hydrogens is 299 g/mol. The summed E-state index contributed by atoms with van der Waals surface area (Å²) in [5.74, 6) is 1.82. The van der Waals surface area contributed by atoms with Crippen molar-refractivity contribution in [1.82, 2.24) is 20.3 Å². The van der Waals surface area contributed by atoms with Crippen molar-refractivity contribution in [2.24, 2.45) is 0 Å². The summed E-state index contributed by atoms with van der Waals surface area (Å²) in [7, 11) is 0. The van der Waals surface area contributed by atoms with Gasteiger partial charge in [-0.05, 0) is 25.0 Å². The van der Waals surface area contributed by atoms with Gasteiger partial charge >= 0.3 is 0 Å². The Balaban J connectivity index is 1.58. The molecule has 3 rings (SSSR count). The van der Waals surface area contributed by atoms with Crippen LogP contribution in [0.2, 0.25) is 0 Å². The second-order valence-corrected chi connectivity index (χ2v) is 4.88. The number of nitrogens with one attached hydrogen (secondary N) is 2. The van der Waals surface area contributed by atoms with E-state index in [9.17, 15) is 4.39 Å². The third-order valence-corrected chi connectivity index (χ3v) is 3.08. The van der Waals surface area contributed by atoms with Crippen LogP contribution in [0.4, 0.5) is 22.0 Å². The topological polar surface area (TPSA) is 88.8 Å². The lowest BCUT2D eigenvalue weighted by Gasteiger charge is -2.07. The maximum absolute atomic E-state index is 13.5. The molecule has 0 aliphatic rings. The van der Waals surface area contributed by atoms with E-state index in [0.717, 1.165) is 0 Å². The Hall–Kier alpha value is -3.03. The molecule has 2 aromatic heterocycles. The van der Waals surface area contributed by atoms with Crippen molar-refractivity contribution in [2.45, 2.75) is 13.3 Å². The third kappa shape index (κ3) is 4.00. The highest BCUT2D eigenvalue weighted by atomic mass is 19.1. The van der Waals surface area contributed by atoms with Gasteiger partial charge in [0.15, 0.2) is 11.6 Å². The van der Waals surface area contributed by atoms with Crippen molar-refractivity contribution in [3.8, 4) is 0 Å². The summed E-state index contributed by atoms with van der Waals surface area (Å²) in [6, 6.07) is 8.41. The lowest BCUT2D eigenvalue weighted by atomic mass is 10.1. The van der Waals surface area contributed by atoms with E-state index in [1.165, 1.54) is 12.3 Å². The summed E-state index contributed by atoms with van der Waals surface area (Å²) in [6.07, 6.45) is 2.04. The van der Waals surface area contributed by atoms with Gasteiger partial charge in [-0.15, -0.1) is 5.10 Å². The van der Waals surface area contributed by atoms with Gasteiger partial charge in [0, 0.05) is 12.6 Å². The molecule has 0 radical (unpaired) electrons. The average Bonchev–Trinajstić information content (AvgIpc) is 2.95. The minimum atomic E-state index is -0.209. The molecule has 118 valence electrons. The fourth-order valence-electron chi connectivity index (χ4n) is 2.01.